The van der Waals surface area contributed by atoms with Gasteiger partial charge in [-0.15, -0.1) is 0 Å². The molecule has 0 bridgehead atoms. The van der Waals surface area contributed by atoms with Crippen LogP contribution in [0.2, 0.25) is 0 Å². The number of nitrogens with zero attached hydrogens (tertiary/aromatic N) is 1. The molecule has 2 atom stereocenters. The molecule has 1 saturated carbocycles. The van der Waals surface area contributed by atoms with Gasteiger partial charge in [-0.25, -0.2) is 0 Å². The summed E-state index contributed by atoms with van der Waals surface area (Å²) in [7, 11) is 0. The predicted molar refractivity (Wildman–Crippen MR) is 72.1 cm³/mol. The first-order chi connectivity index (χ1) is 8.27. The molecule has 1 N–H and O–H groups in total. The summed E-state index contributed by atoms with van der Waals surface area (Å²) >= 11 is 0. The number of nitrogens with one attached hydrogen (secondary N) is 1. The normalized spacial score (nSPS) is 37.9. The molecule has 2 nitrogen and oxygen atoms in total. The lowest BCUT2D eigenvalue weighted by atomic mass is 9.79. The Labute approximate surface area is 106 Å². The second kappa shape index (κ2) is 4.89. The monoisotopic (exact) mass is 236 g/mol. The number of fused-ring (bicyclic) bond motifs is 1. The minimum atomic E-state index is 0.593. The molecule has 2 unspecified atom stereocenters. The van der Waals surface area contributed by atoms with Gasteiger partial charge in [-0.05, 0) is 69.5 Å². The van der Waals surface area contributed by atoms with Crippen LogP contribution in [-0.2, 0) is 0 Å². The van der Waals surface area contributed by atoms with Gasteiger partial charge in [-0.1, -0.05) is 13.3 Å². The standard InChI is InChI=1S/C15H28N2/c1-15(7-9-16-10-8-15)12-17-11-3-5-13-4-2-6-14(13)17/h13-14,16H,2-12H2,1H3. The summed E-state index contributed by atoms with van der Waals surface area (Å²) in [5.41, 5.74) is 0.593. The Morgan fingerprint density at radius 2 is 1.88 bits per heavy atom. The van der Waals surface area contributed by atoms with Gasteiger partial charge < -0.3 is 5.32 Å². The summed E-state index contributed by atoms with van der Waals surface area (Å²) in [6.07, 6.45) is 10.2. The fourth-order valence-electron chi connectivity index (χ4n) is 4.43. The molecule has 2 saturated heterocycles. The van der Waals surface area contributed by atoms with Crippen molar-refractivity contribution in [3.05, 3.63) is 0 Å². The van der Waals surface area contributed by atoms with Crippen LogP contribution in [0.1, 0.15) is 51.9 Å². The van der Waals surface area contributed by atoms with E-state index in [4.69, 9.17) is 0 Å². The van der Waals surface area contributed by atoms with Crippen molar-refractivity contribution < 1.29 is 0 Å². The SMILES string of the molecule is CC1(CN2CCCC3CCCC32)CCNCC1. The van der Waals surface area contributed by atoms with Gasteiger partial charge in [-0.2, -0.15) is 0 Å². The van der Waals surface area contributed by atoms with E-state index in [0.29, 0.717) is 5.41 Å². The Bertz CT molecular complexity index is 258. The van der Waals surface area contributed by atoms with Crippen molar-refractivity contribution in [2.45, 2.75) is 57.9 Å². The van der Waals surface area contributed by atoms with Crippen LogP contribution in [0, 0.1) is 11.3 Å². The summed E-state index contributed by atoms with van der Waals surface area (Å²) in [5.74, 6) is 1.05. The third-order valence-corrected chi connectivity index (χ3v) is 5.50. The fourth-order valence-corrected chi connectivity index (χ4v) is 4.43. The van der Waals surface area contributed by atoms with Crippen LogP contribution in [-0.4, -0.2) is 37.1 Å². The topological polar surface area (TPSA) is 15.3 Å². The van der Waals surface area contributed by atoms with Crippen LogP contribution in [0.25, 0.3) is 0 Å². The largest absolute Gasteiger partial charge is 0.317 e. The zero-order valence-corrected chi connectivity index (χ0v) is 11.4. The molecule has 2 heteroatoms. The number of hydrogen-bond acceptors (Lipinski definition) is 2. The van der Waals surface area contributed by atoms with Crippen LogP contribution >= 0.6 is 0 Å². The molecule has 3 fully saturated rings. The van der Waals surface area contributed by atoms with Crippen molar-refractivity contribution in [1.29, 1.82) is 0 Å². The molecule has 3 aliphatic rings. The van der Waals surface area contributed by atoms with Gasteiger partial charge in [-0.3, -0.25) is 4.90 Å². The molecule has 1 aliphatic carbocycles. The Kier molecular flexibility index (Phi) is 3.45. The van der Waals surface area contributed by atoms with Gasteiger partial charge in [0.2, 0.25) is 0 Å². The van der Waals surface area contributed by atoms with Gasteiger partial charge >= 0.3 is 0 Å². The molecule has 0 radical (unpaired) electrons. The molecule has 17 heavy (non-hydrogen) atoms. The first-order valence-corrected chi connectivity index (χ1v) is 7.72. The van der Waals surface area contributed by atoms with Crippen molar-refractivity contribution in [1.82, 2.24) is 10.2 Å². The molecular weight excluding hydrogens is 208 g/mol. The zero-order valence-electron chi connectivity index (χ0n) is 11.4. The average molecular weight is 236 g/mol. The van der Waals surface area contributed by atoms with Gasteiger partial charge in [0.1, 0.15) is 0 Å². The first-order valence-electron chi connectivity index (χ1n) is 7.72. The highest BCUT2D eigenvalue weighted by Gasteiger charge is 2.38. The van der Waals surface area contributed by atoms with E-state index in [-0.39, 0.29) is 0 Å². The van der Waals surface area contributed by atoms with Gasteiger partial charge in [0.05, 0.1) is 0 Å². The Morgan fingerprint density at radius 1 is 1.12 bits per heavy atom. The Morgan fingerprint density at radius 3 is 2.71 bits per heavy atom. The van der Waals surface area contributed by atoms with Crippen LogP contribution in [0.4, 0.5) is 0 Å². The first kappa shape index (κ1) is 12.0. The fraction of sp³-hybridized carbons (Fsp3) is 1.00. The van der Waals surface area contributed by atoms with Crippen molar-refractivity contribution in [2.24, 2.45) is 11.3 Å². The van der Waals surface area contributed by atoms with E-state index in [2.05, 4.69) is 17.1 Å². The van der Waals surface area contributed by atoms with E-state index in [0.717, 1.165) is 12.0 Å². The third kappa shape index (κ3) is 2.53. The molecular formula is C15H28N2. The van der Waals surface area contributed by atoms with Crippen LogP contribution in [0.3, 0.4) is 0 Å². The lowest BCUT2D eigenvalue weighted by Crippen LogP contribution is -2.49. The minimum Gasteiger partial charge on any atom is -0.317 e. The quantitative estimate of drug-likeness (QED) is 0.793. The molecule has 98 valence electrons. The third-order valence-electron chi connectivity index (χ3n) is 5.50. The molecule has 2 aliphatic heterocycles. The summed E-state index contributed by atoms with van der Waals surface area (Å²) in [6, 6.07) is 0.954. The lowest BCUT2D eigenvalue weighted by molar-refractivity contribution is 0.0515. The molecule has 0 aromatic heterocycles. The maximum atomic E-state index is 3.50. The summed E-state index contributed by atoms with van der Waals surface area (Å²) < 4.78 is 0. The summed E-state index contributed by atoms with van der Waals surface area (Å²) in [5, 5.41) is 3.50. The van der Waals surface area contributed by atoms with E-state index < -0.39 is 0 Å². The number of piperidine rings is 2. The summed E-state index contributed by atoms with van der Waals surface area (Å²) in [4.78, 5) is 2.87. The van der Waals surface area contributed by atoms with Crippen LogP contribution in [0.15, 0.2) is 0 Å². The van der Waals surface area contributed by atoms with Gasteiger partial charge in [0.25, 0.3) is 0 Å². The predicted octanol–water partition coefficient (Wildman–Crippen LogP) is 2.64. The van der Waals surface area contributed by atoms with Crippen molar-refractivity contribution in [2.75, 3.05) is 26.2 Å². The second-order valence-corrected chi connectivity index (χ2v) is 6.93. The Balaban J connectivity index is 1.63. The lowest BCUT2D eigenvalue weighted by Gasteiger charge is -2.44. The highest BCUT2D eigenvalue weighted by molar-refractivity contribution is 4.93. The van der Waals surface area contributed by atoms with E-state index >= 15 is 0 Å². The number of hydrogen-bond donors (Lipinski definition) is 1. The number of rotatable bonds is 2. The highest BCUT2D eigenvalue weighted by atomic mass is 15.2. The zero-order chi connectivity index (χ0) is 11.7. The second-order valence-electron chi connectivity index (χ2n) is 6.93. The molecule has 0 aromatic rings. The highest BCUT2D eigenvalue weighted by Crippen LogP contribution is 2.39. The van der Waals surface area contributed by atoms with E-state index in [1.54, 1.807) is 0 Å². The van der Waals surface area contributed by atoms with Crippen molar-refractivity contribution in [3.63, 3.8) is 0 Å². The van der Waals surface area contributed by atoms with E-state index in [1.807, 2.05) is 0 Å². The van der Waals surface area contributed by atoms with Crippen molar-refractivity contribution >= 4 is 0 Å². The van der Waals surface area contributed by atoms with Crippen LogP contribution in [0.5, 0.6) is 0 Å². The molecule has 0 amide bonds. The maximum Gasteiger partial charge on any atom is 0.0124 e. The molecule has 0 spiro atoms. The maximum absolute atomic E-state index is 3.50. The Hall–Kier alpha value is -0.0800. The molecule has 3 rings (SSSR count). The van der Waals surface area contributed by atoms with Crippen molar-refractivity contribution in [3.8, 4) is 0 Å². The minimum absolute atomic E-state index is 0.593. The number of likely N-dealkylation sites (tertiary alicyclic amines) is 1. The smallest absolute Gasteiger partial charge is 0.0124 e. The molecule has 2 heterocycles. The van der Waals surface area contributed by atoms with E-state index in [1.165, 1.54) is 71.1 Å². The van der Waals surface area contributed by atoms with Crippen LogP contribution < -0.4 is 5.32 Å². The average Bonchev–Trinajstić information content (AvgIpc) is 2.79. The molecule has 0 aromatic carbocycles. The summed E-state index contributed by atoms with van der Waals surface area (Å²) in [6.45, 7) is 7.74. The van der Waals surface area contributed by atoms with E-state index in [9.17, 15) is 0 Å². The van der Waals surface area contributed by atoms with Gasteiger partial charge in [0, 0.05) is 12.6 Å². The van der Waals surface area contributed by atoms with Gasteiger partial charge in [0.15, 0.2) is 0 Å².